The van der Waals surface area contributed by atoms with Crippen LogP contribution in [0.2, 0.25) is 0 Å². The van der Waals surface area contributed by atoms with Gasteiger partial charge in [-0.05, 0) is 37.5 Å². The second kappa shape index (κ2) is 5.38. The molecule has 0 radical (unpaired) electrons. The molecule has 1 unspecified atom stereocenters. The van der Waals surface area contributed by atoms with Crippen molar-refractivity contribution in [3.63, 3.8) is 0 Å². The Bertz CT molecular complexity index is 551. The summed E-state index contributed by atoms with van der Waals surface area (Å²) in [6, 6.07) is 8.46. The van der Waals surface area contributed by atoms with Gasteiger partial charge in [0, 0.05) is 5.39 Å². The lowest BCUT2D eigenvalue weighted by atomic mass is 9.84. The van der Waals surface area contributed by atoms with Crippen LogP contribution in [0.4, 0.5) is 0 Å². The van der Waals surface area contributed by atoms with Crippen molar-refractivity contribution in [3.8, 4) is 0 Å². The topological polar surface area (TPSA) is 39.2 Å². The van der Waals surface area contributed by atoms with Crippen LogP contribution in [0, 0.1) is 12.8 Å². The van der Waals surface area contributed by atoms with Gasteiger partial charge in [-0.3, -0.25) is 0 Å². The molecule has 2 aromatic rings. The molecular formula is C17H23NO. The maximum absolute atomic E-state index is 6.33. The van der Waals surface area contributed by atoms with E-state index in [2.05, 4.69) is 25.1 Å². The Kier molecular flexibility index (Phi) is 3.61. The van der Waals surface area contributed by atoms with E-state index in [0.29, 0.717) is 0 Å². The van der Waals surface area contributed by atoms with Gasteiger partial charge in [-0.1, -0.05) is 43.7 Å². The molecule has 1 saturated carbocycles. The minimum atomic E-state index is 0.0517. The van der Waals surface area contributed by atoms with E-state index < -0.39 is 0 Å². The van der Waals surface area contributed by atoms with Gasteiger partial charge >= 0.3 is 0 Å². The van der Waals surface area contributed by atoms with Gasteiger partial charge in [0.1, 0.15) is 11.3 Å². The molecule has 19 heavy (non-hydrogen) atoms. The Labute approximate surface area is 115 Å². The predicted octanol–water partition coefficient (Wildman–Crippen LogP) is 4.71. The Morgan fingerprint density at radius 1 is 1.21 bits per heavy atom. The van der Waals surface area contributed by atoms with Gasteiger partial charge in [-0.2, -0.15) is 0 Å². The highest BCUT2D eigenvalue weighted by atomic mass is 16.3. The summed E-state index contributed by atoms with van der Waals surface area (Å²) in [5.41, 5.74) is 8.56. The summed E-state index contributed by atoms with van der Waals surface area (Å²) in [5, 5.41) is 1.18. The highest BCUT2D eigenvalue weighted by Crippen LogP contribution is 2.32. The van der Waals surface area contributed by atoms with E-state index in [1.165, 1.54) is 43.1 Å². The fraction of sp³-hybridized carbons (Fsp3) is 0.529. The van der Waals surface area contributed by atoms with E-state index >= 15 is 0 Å². The van der Waals surface area contributed by atoms with Crippen LogP contribution in [-0.4, -0.2) is 0 Å². The van der Waals surface area contributed by atoms with E-state index in [0.717, 1.165) is 23.7 Å². The Hall–Kier alpha value is -1.28. The molecule has 0 aliphatic heterocycles. The Morgan fingerprint density at radius 2 is 2.00 bits per heavy atom. The van der Waals surface area contributed by atoms with Crippen molar-refractivity contribution in [2.75, 3.05) is 0 Å². The molecule has 2 N–H and O–H groups in total. The van der Waals surface area contributed by atoms with Gasteiger partial charge < -0.3 is 10.2 Å². The molecule has 1 atom stereocenters. The third-order valence-corrected chi connectivity index (χ3v) is 4.37. The zero-order chi connectivity index (χ0) is 13.2. The first-order valence-corrected chi connectivity index (χ1v) is 7.48. The number of aryl methyl sites for hydroxylation is 1. The summed E-state index contributed by atoms with van der Waals surface area (Å²) in [7, 11) is 0. The largest absolute Gasteiger partial charge is 0.459 e. The molecular weight excluding hydrogens is 234 g/mol. The van der Waals surface area contributed by atoms with Crippen molar-refractivity contribution >= 4 is 11.0 Å². The van der Waals surface area contributed by atoms with Crippen molar-refractivity contribution in [2.45, 2.75) is 51.5 Å². The molecule has 1 aliphatic rings. The number of fused-ring (bicyclic) bond motifs is 1. The number of rotatable bonds is 3. The van der Waals surface area contributed by atoms with Gasteiger partial charge in [0.25, 0.3) is 0 Å². The summed E-state index contributed by atoms with van der Waals surface area (Å²) in [4.78, 5) is 0. The molecule has 2 nitrogen and oxygen atoms in total. The lowest BCUT2D eigenvalue weighted by Crippen LogP contribution is -2.16. The molecule has 0 saturated heterocycles. The minimum Gasteiger partial charge on any atom is -0.459 e. The lowest BCUT2D eigenvalue weighted by molar-refractivity contribution is 0.306. The second-order valence-corrected chi connectivity index (χ2v) is 6.04. The van der Waals surface area contributed by atoms with Crippen molar-refractivity contribution in [1.29, 1.82) is 0 Å². The molecule has 102 valence electrons. The SMILES string of the molecule is Cc1ccc2oc(C(N)CC3CCCCC3)cc2c1. The van der Waals surface area contributed by atoms with Crippen LogP contribution in [0.5, 0.6) is 0 Å². The normalized spacial score (nSPS) is 18.8. The Balaban J connectivity index is 1.75. The molecule has 0 bridgehead atoms. The summed E-state index contributed by atoms with van der Waals surface area (Å²) in [6.45, 7) is 2.11. The van der Waals surface area contributed by atoms with Crippen LogP contribution in [-0.2, 0) is 0 Å². The zero-order valence-electron chi connectivity index (χ0n) is 11.7. The maximum atomic E-state index is 6.33. The van der Waals surface area contributed by atoms with E-state index in [-0.39, 0.29) is 6.04 Å². The average molecular weight is 257 g/mol. The standard InChI is InChI=1S/C17H23NO/c1-12-7-8-16-14(9-12)11-17(19-16)15(18)10-13-5-3-2-4-6-13/h7-9,11,13,15H,2-6,10,18H2,1H3. The molecule has 1 aromatic heterocycles. The molecule has 1 fully saturated rings. The monoisotopic (exact) mass is 257 g/mol. The predicted molar refractivity (Wildman–Crippen MR) is 79.1 cm³/mol. The first-order valence-electron chi connectivity index (χ1n) is 7.48. The molecule has 0 amide bonds. The van der Waals surface area contributed by atoms with Crippen LogP contribution in [0.25, 0.3) is 11.0 Å². The van der Waals surface area contributed by atoms with Crippen LogP contribution in [0.3, 0.4) is 0 Å². The van der Waals surface area contributed by atoms with E-state index in [9.17, 15) is 0 Å². The number of benzene rings is 1. The average Bonchev–Trinajstić information content (AvgIpc) is 2.83. The number of nitrogens with two attached hydrogens (primary N) is 1. The fourth-order valence-corrected chi connectivity index (χ4v) is 3.26. The summed E-state index contributed by atoms with van der Waals surface area (Å²) in [5.74, 6) is 1.74. The van der Waals surface area contributed by atoms with E-state index in [1.807, 2.05) is 6.07 Å². The minimum absolute atomic E-state index is 0.0517. The molecule has 1 aromatic carbocycles. The van der Waals surface area contributed by atoms with Gasteiger partial charge in [-0.15, -0.1) is 0 Å². The van der Waals surface area contributed by atoms with Crippen molar-refractivity contribution in [3.05, 3.63) is 35.6 Å². The quantitative estimate of drug-likeness (QED) is 0.864. The van der Waals surface area contributed by atoms with Crippen molar-refractivity contribution < 1.29 is 4.42 Å². The van der Waals surface area contributed by atoms with Gasteiger partial charge in [0.15, 0.2) is 0 Å². The fourth-order valence-electron chi connectivity index (χ4n) is 3.26. The smallest absolute Gasteiger partial charge is 0.134 e. The lowest BCUT2D eigenvalue weighted by Gasteiger charge is -2.23. The van der Waals surface area contributed by atoms with Gasteiger partial charge in [0.2, 0.25) is 0 Å². The van der Waals surface area contributed by atoms with E-state index in [1.54, 1.807) is 0 Å². The first-order chi connectivity index (χ1) is 9.22. The second-order valence-electron chi connectivity index (χ2n) is 6.04. The summed E-state index contributed by atoms with van der Waals surface area (Å²) in [6.07, 6.45) is 7.89. The summed E-state index contributed by atoms with van der Waals surface area (Å²) < 4.78 is 5.90. The maximum Gasteiger partial charge on any atom is 0.134 e. The molecule has 0 spiro atoms. The molecule has 1 aliphatic carbocycles. The van der Waals surface area contributed by atoms with Crippen LogP contribution < -0.4 is 5.73 Å². The van der Waals surface area contributed by atoms with Crippen molar-refractivity contribution in [2.24, 2.45) is 11.7 Å². The van der Waals surface area contributed by atoms with Gasteiger partial charge in [0.05, 0.1) is 6.04 Å². The Morgan fingerprint density at radius 3 is 2.79 bits per heavy atom. The van der Waals surface area contributed by atoms with Crippen LogP contribution in [0.15, 0.2) is 28.7 Å². The molecule has 2 heteroatoms. The van der Waals surface area contributed by atoms with E-state index in [4.69, 9.17) is 10.2 Å². The molecule has 3 rings (SSSR count). The summed E-state index contributed by atoms with van der Waals surface area (Å²) >= 11 is 0. The van der Waals surface area contributed by atoms with Crippen LogP contribution >= 0.6 is 0 Å². The molecule has 1 heterocycles. The van der Waals surface area contributed by atoms with Crippen LogP contribution in [0.1, 0.15) is 55.9 Å². The van der Waals surface area contributed by atoms with Gasteiger partial charge in [-0.25, -0.2) is 0 Å². The highest BCUT2D eigenvalue weighted by Gasteiger charge is 2.20. The zero-order valence-corrected chi connectivity index (χ0v) is 11.7. The number of hydrogen-bond donors (Lipinski definition) is 1. The third kappa shape index (κ3) is 2.84. The number of hydrogen-bond acceptors (Lipinski definition) is 2. The third-order valence-electron chi connectivity index (χ3n) is 4.37. The number of furan rings is 1. The first kappa shape index (κ1) is 12.7. The highest BCUT2D eigenvalue weighted by molar-refractivity contribution is 5.78. The van der Waals surface area contributed by atoms with Crippen molar-refractivity contribution in [1.82, 2.24) is 0 Å².